The number of unbranched alkanes of at least 4 members (excludes halogenated alkanes) is 5. The van der Waals surface area contributed by atoms with Crippen molar-refractivity contribution in [3.05, 3.63) is 30.1 Å². The van der Waals surface area contributed by atoms with Crippen LogP contribution in [0.1, 0.15) is 62.7 Å². The average Bonchev–Trinajstić information content (AvgIpc) is 2.47. The second-order valence-corrected chi connectivity index (χ2v) is 4.77. The molecule has 0 amide bonds. The molecular weight excluding hydrogens is 254 g/mol. The monoisotopic (exact) mass is 280 g/mol. The first-order chi connectivity index (χ1) is 9.77. The highest BCUT2D eigenvalue weighted by molar-refractivity contribution is 5.88. The molecule has 1 rings (SSSR count). The summed E-state index contributed by atoms with van der Waals surface area (Å²) >= 11 is 0. The van der Waals surface area contributed by atoms with Crippen molar-refractivity contribution in [1.29, 1.82) is 0 Å². The quantitative estimate of drug-likeness (QED) is 0.376. The van der Waals surface area contributed by atoms with Crippen LogP contribution in [0, 0.1) is 0 Å². The fourth-order valence-corrected chi connectivity index (χ4v) is 1.91. The molecule has 0 aromatic carbocycles. The Balaban J connectivity index is 2.18. The van der Waals surface area contributed by atoms with Gasteiger partial charge in [-0.25, -0.2) is 4.79 Å². The highest BCUT2D eigenvalue weighted by Crippen LogP contribution is 2.06. The van der Waals surface area contributed by atoms with Crippen LogP contribution < -0.4 is 9.57 Å². The molecule has 0 aliphatic carbocycles. The number of aromatic nitrogens is 1. The van der Waals surface area contributed by atoms with Gasteiger partial charge in [-0.2, -0.15) is 0 Å². The zero-order chi connectivity index (χ0) is 14.6. The molecule has 0 fully saturated rings. The number of hydrogen-bond donors (Lipinski definition) is 0. The van der Waals surface area contributed by atoms with E-state index in [1.165, 1.54) is 25.7 Å². The lowest BCUT2D eigenvalue weighted by molar-refractivity contribution is -0.891. The van der Waals surface area contributed by atoms with E-state index in [-0.39, 0.29) is 5.97 Å². The van der Waals surface area contributed by atoms with Crippen molar-refractivity contribution in [3.63, 3.8) is 0 Å². The molecule has 0 atom stereocenters. The summed E-state index contributed by atoms with van der Waals surface area (Å²) in [6.07, 6.45) is 10.6. The van der Waals surface area contributed by atoms with Gasteiger partial charge in [0.15, 0.2) is 6.61 Å². The number of carbonyl (C=O) groups excluding carboxylic acids is 1. The van der Waals surface area contributed by atoms with Gasteiger partial charge in [0.25, 0.3) is 0 Å². The second kappa shape index (κ2) is 10.2. The minimum absolute atomic E-state index is 0.262. The smallest absolute Gasteiger partial charge is 0.338 e. The van der Waals surface area contributed by atoms with Crippen LogP contribution in [0.15, 0.2) is 24.5 Å². The van der Waals surface area contributed by atoms with Gasteiger partial charge in [0.1, 0.15) is 0 Å². The lowest BCUT2D eigenvalue weighted by Crippen LogP contribution is -2.41. The van der Waals surface area contributed by atoms with Crippen LogP contribution >= 0.6 is 0 Å². The van der Waals surface area contributed by atoms with E-state index in [9.17, 15) is 4.79 Å². The molecule has 0 aliphatic heterocycles. The van der Waals surface area contributed by atoms with E-state index >= 15 is 0 Å². The lowest BCUT2D eigenvalue weighted by Gasteiger charge is -2.04. The fraction of sp³-hybridized carbons (Fsp3) is 0.625. The van der Waals surface area contributed by atoms with Crippen molar-refractivity contribution in [2.45, 2.75) is 52.4 Å². The van der Waals surface area contributed by atoms with Crippen molar-refractivity contribution in [3.8, 4) is 0 Å². The molecule has 0 N–H and O–H groups in total. The third-order valence-corrected chi connectivity index (χ3v) is 3.05. The van der Waals surface area contributed by atoms with Gasteiger partial charge in [-0.3, -0.25) is 4.84 Å². The number of carbonyl (C=O) groups is 1. The molecule has 112 valence electrons. The minimum Gasteiger partial charge on any atom is -0.462 e. The molecule has 0 aliphatic rings. The summed E-state index contributed by atoms with van der Waals surface area (Å²) in [5.74, 6) is -0.262. The van der Waals surface area contributed by atoms with Crippen LogP contribution in [0.4, 0.5) is 0 Å². The summed E-state index contributed by atoms with van der Waals surface area (Å²) in [6.45, 7) is 5.21. The number of ether oxygens (including phenoxy) is 1. The molecule has 0 radical (unpaired) electrons. The molecule has 1 heterocycles. The van der Waals surface area contributed by atoms with E-state index in [0.29, 0.717) is 18.8 Å². The first-order valence-corrected chi connectivity index (χ1v) is 7.59. The van der Waals surface area contributed by atoms with Gasteiger partial charge < -0.3 is 4.74 Å². The molecule has 0 spiro atoms. The van der Waals surface area contributed by atoms with Crippen LogP contribution in [-0.2, 0) is 4.74 Å². The second-order valence-electron chi connectivity index (χ2n) is 4.77. The zero-order valence-electron chi connectivity index (χ0n) is 12.6. The molecule has 0 saturated carbocycles. The zero-order valence-corrected chi connectivity index (χ0v) is 12.6. The summed E-state index contributed by atoms with van der Waals surface area (Å²) in [7, 11) is 0. The van der Waals surface area contributed by atoms with E-state index in [4.69, 9.17) is 9.57 Å². The van der Waals surface area contributed by atoms with Gasteiger partial charge in [-0.05, 0) is 13.3 Å². The van der Waals surface area contributed by atoms with Crippen LogP contribution in [0.25, 0.3) is 0 Å². The topological polar surface area (TPSA) is 39.4 Å². The van der Waals surface area contributed by atoms with Gasteiger partial charge >= 0.3 is 5.97 Å². The lowest BCUT2D eigenvalue weighted by atomic mass is 10.1. The maximum absolute atomic E-state index is 11.8. The van der Waals surface area contributed by atoms with Crippen molar-refractivity contribution in [2.75, 3.05) is 13.2 Å². The Morgan fingerprint density at radius 3 is 2.35 bits per heavy atom. The van der Waals surface area contributed by atoms with Crippen LogP contribution in [0.3, 0.4) is 0 Å². The standard InChI is InChI=1S/C16H26NO3/c1-3-5-6-7-8-9-14-19-16(18)15-10-12-17(13-11-15)20-4-2/h10-13H,3-9,14H2,1-2H3/q+1. The summed E-state index contributed by atoms with van der Waals surface area (Å²) < 4.78 is 6.82. The third-order valence-electron chi connectivity index (χ3n) is 3.05. The molecule has 1 aromatic heterocycles. The van der Waals surface area contributed by atoms with E-state index in [2.05, 4.69) is 6.92 Å². The van der Waals surface area contributed by atoms with E-state index in [1.807, 2.05) is 6.92 Å². The predicted molar refractivity (Wildman–Crippen MR) is 77.4 cm³/mol. The summed E-state index contributed by atoms with van der Waals surface area (Å²) in [5.41, 5.74) is 0.562. The summed E-state index contributed by atoms with van der Waals surface area (Å²) in [6, 6.07) is 3.42. The molecule has 1 aromatic rings. The molecule has 0 unspecified atom stereocenters. The molecule has 0 saturated heterocycles. The van der Waals surface area contributed by atoms with Crippen LogP contribution in [0.2, 0.25) is 0 Å². The Kier molecular flexibility index (Phi) is 8.43. The normalized spacial score (nSPS) is 10.3. The van der Waals surface area contributed by atoms with Crippen molar-refractivity contribution in [2.24, 2.45) is 0 Å². The molecule has 4 heteroatoms. The van der Waals surface area contributed by atoms with Gasteiger partial charge in [-0.1, -0.05) is 39.0 Å². The van der Waals surface area contributed by atoms with Crippen molar-refractivity contribution < 1.29 is 19.1 Å². The number of nitrogens with zero attached hydrogens (tertiary/aromatic N) is 1. The third kappa shape index (κ3) is 6.55. The van der Waals surface area contributed by atoms with Crippen LogP contribution in [0.5, 0.6) is 0 Å². The Morgan fingerprint density at radius 2 is 1.70 bits per heavy atom. The molecule has 4 nitrogen and oxygen atoms in total. The van der Waals surface area contributed by atoms with Crippen molar-refractivity contribution in [1.82, 2.24) is 0 Å². The molecule has 20 heavy (non-hydrogen) atoms. The SMILES string of the molecule is CCCCCCCCOC(=O)c1cc[n+](OCC)cc1. The first kappa shape index (κ1) is 16.5. The number of pyridine rings is 1. The Morgan fingerprint density at radius 1 is 1.05 bits per heavy atom. The molecular formula is C16H26NO3+. The van der Waals surface area contributed by atoms with Gasteiger partial charge in [0, 0.05) is 16.9 Å². The van der Waals surface area contributed by atoms with E-state index < -0.39 is 0 Å². The number of hydrogen-bond acceptors (Lipinski definition) is 3. The minimum atomic E-state index is -0.262. The number of esters is 1. The summed E-state index contributed by atoms with van der Waals surface area (Å²) in [5, 5.41) is 0. The van der Waals surface area contributed by atoms with E-state index in [1.54, 1.807) is 29.3 Å². The van der Waals surface area contributed by atoms with Crippen LogP contribution in [-0.4, -0.2) is 19.2 Å². The van der Waals surface area contributed by atoms with Gasteiger partial charge in [0.05, 0.1) is 12.2 Å². The average molecular weight is 280 g/mol. The van der Waals surface area contributed by atoms with Gasteiger partial charge in [-0.15, -0.1) is 0 Å². The Hall–Kier alpha value is -1.58. The summed E-state index contributed by atoms with van der Waals surface area (Å²) in [4.78, 5) is 17.0. The van der Waals surface area contributed by atoms with Gasteiger partial charge in [0.2, 0.25) is 12.4 Å². The molecule has 0 bridgehead atoms. The number of rotatable bonds is 10. The maximum Gasteiger partial charge on any atom is 0.338 e. The maximum atomic E-state index is 11.8. The predicted octanol–water partition coefficient (Wildman–Crippen LogP) is 2.94. The van der Waals surface area contributed by atoms with Crippen molar-refractivity contribution >= 4 is 5.97 Å². The highest BCUT2D eigenvalue weighted by atomic mass is 16.7. The first-order valence-electron chi connectivity index (χ1n) is 7.59. The fourth-order valence-electron chi connectivity index (χ4n) is 1.91. The Labute approximate surface area is 121 Å². The largest absolute Gasteiger partial charge is 0.462 e. The van der Waals surface area contributed by atoms with E-state index in [0.717, 1.165) is 12.8 Å². The highest BCUT2D eigenvalue weighted by Gasteiger charge is 2.09. The Bertz CT molecular complexity index is 376.